The number of phenols is 1. The number of hydrogen-bond acceptors (Lipinski definition) is 37. The van der Waals surface area contributed by atoms with E-state index in [2.05, 4.69) is 0 Å². The summed E-state index contributed by atoms with van der Waals surface area (Å²) in [5.41, 5.74) is -0.376. The van der Waals surface area contributed by atoms with Crippen molar-refractivity contribution in [2.24, 2.45) is 0 Å². The summed E-state index contributed by atoms with van der Waals surface area (Å²) >= 11 is 0. The summed E-state index contributed by atoms with van der Waals surface area (Å²) in [6.07, 6.45) is -72.4. The molecule has 0 spiro atoms. The Morgan fingerprint density at radius 1 is 0.302 bits per heavy atom. The predicted molar refractivity (Wildman–Crippen MR) is 260 cm³/mol. The van der Waals surface area contributed by atoms with Crippen molar-refractivity contribution in [2.75, 3.05) is 46.2 Å². The number of phenolic OH excluding ortho intramolecular Hbond substituents is 1. The largest absolute Gasteiger partial charge is 0.507 e. The van der Waals surface area contributed by atoms with E-state index >= 15 is 0 Å². The number of ether oxygens (including phenoxy) is 15. The van der Waals surface area contributed by atoms with Crippen molar-refractivity contribution >= 4 is 5.97 Å². The molecular weight excluding hydrogens is 1180 g/mol. The third-order valence-corrected chi connectivity index (χ3v) is 16.1. The van der Waals surface area contributed by atoms with Gasteiger partial charge >= 0.3 is 5.97 Å². The Bertz CT molecular complexity index is 2300. The van der Waals surface area contributed by atoms with E-state index < -0.39 is 273 Å². The van der Waals surface area contributed by atoms with Crippen LogP contribution in [0.15, 0.2) is 24.3 Å². The van der Waals surface area contributed by atoms with E-state index in [1.807, 2.05) is 0 Å². The highest BCUT2D eigenvalue weighted by Crippen LogP contribution is 2.39. The van der Waals surface area contributed by atoms with Crippen LogP contribution in [0.1, 0.15) is 10.4 Å². The lowest BCUT2D eigenvalue weighted by Crippen LogP contribution is -2.68. The molecule has 0 unspecified atom stereocenters. The monoisotopic (exact) mass is 1250 g/mol. The van der Waals surface area contributed by atoms with Gasteiger partial charge in [-0.1, -0.05) is 12.1 Å². The molecule has 0 saturated carbocycles. The maximum Gasteiger partial charge on any atom is 0.342 e. The van der Waals surface area contributed by atoms with Crippen molar-refractivity contribution < 1.29 is 183 Å². The summed E-state index contributed by atoms with van der Waals surface area (Å²) in [7, 11) is 0. The molecule has 21 heterocycles. The zero-order chi connectivity index (χ0) is 62.3. The van der Waals surface area contributed by atoms with E-state index in [9.17, 15) is 112 Å². The third-order valence-electron chi connectivity index (χ3n) is 16.1. The molecule has 0 aliphatic carbocycles. The van der Waals surface area contributed by atoms with Gasteiger partial charge in [0, 0.05) is 0 Å². The molecule has 37 heteroatoms. The van der Waals surface area contributed by atoms with E-state index in [4.69, 9.17) is 71.1 Å². The second kappa shape index (κ2) is 28.7. The molecule has 14 bridgehead atoms. The molecule has 21 saturated heterocycles. The number of aliphatic hydroxyl groups is 20. The molecular formula is C49H74O37. The number of esters is 1. The van der Waals surface area contributed by atoms with Crippen molar-refractivity contribution in [1.29, 1.82) is 0 Å². The van der Waals surface area contributed by atoms with Crippen molar-refractivity contribution in [3.8, 4) is 5.75 Å². The summed E-state index contributed by atoms with van der Waals surface area (Å²) in [6.45, 7) is -7.48. The minimum Gasteiger partial charge on any atom is -0.507 e. The number of rotatable bonds is 9. The minimum absolute atomic E-state index is 0.376. The SMILES string of the molecule is O=C(OC[C@H]1O[C@@H]2O[C@H]3[C@H](O)[C@@H](O)[C@@H](O[C@H]4[C@H](O)[C@@H](O)[C@@H](O[C@H]5[C@H](O)[C@@H](O)[C@@H](O[C@H]6[C@H](O)[C@@H](O)[C@@H](O[C@H]7[C@H](O)[C@@H](O)[C@@H](O[C@H]8[C@H](O)[C@@H](O)[C@@H](O[C@H]1[C@H](O)[C@H]2O)O[C@@H]8CO)O[C@@H]7CO)O[C@@H]6CO)O[C@@H]5CO)O[C@@H]4CO)O[C@@H]3CO)c1ccccc1O. The summed E-state index contributed by atoms with van der Waals surface area (Å²) in [6, 6.07) is 5.08. The van der Waals surface area contributed by atoms with Gasteiger partial charge in [-0.3, -0.25) is 0 Å². The van der Waals surface area contributed by atoms with Crippen LogP contribution in [-0.4, -0.2) is 374 Å². The number of carbonyl (C=O) groups is 1. The highest BCUT2D eigenvalue weighted by molar-refractivity contribution is 5.92. The average molecular weight is 1260 g/mol. The van der Waals surface area contributed by atoms with Crippen LogP contribution in [0.2, 0.25) is 0 Å². The summed E-state index contributed by atoms with van der Waals surface area (Å²) in [5, 5.41) is 233. The molecule has 0 radical (unpaired) electrons. The molecule has 0 aromatic heterocycles. The molecule has 1 aromatic carbocycles. The maximum absolute atomic E-state index is 13.3. The zero-order valence-electron chi connectivity index (χ0n) is 44.9. The molecule has 37 nitrogen and oxygen atoms in total. The lowest BCUT2D eigenvalue weighted by molar-refractivity contribution is -0.396. The van der Waals surface area contributed by atoms with E-state index in [-0.39, 0.29) is 5.56 Å². The molecule has 21 fully saturated rings. The number of aromatic hydroxyl groups is 1. The standard InChI is InChI=1S/C49H74O37/c50-5-14-35-22(58)29(65)44(74-14)82-37-16(7-52)76-46(31(67)24(37)60)84-39-18(9-54)78-48(33(69)26(39)62)86-41-20(11-72-42(71)12-3-1-2-4-13(12)56)79-49(34(70)27(41)63)85-40-19(10-55)77-47(32(68)25(40)61)83-38-17(8-53)75-45(30(66)23(38)59)81-36-15(6-51)73-43(80-35)28(64)21(36)57/h1-4,14-41,43-70H,5-11H2/t14-,15-,16-,17-,18-,19-,20-,21-,22-,23-,24-,25-,26-,27-,28-,29-,30-,31-,32-,33-,34-,35-,36-,37-,38-,39-,40-,41-,43-,44-,45-,46-,47-,48-,49-/m1/s1. The van der Waals surface area contributed by atoms with Crippen LogP contribution in [0, 0.1) is 0 Å². The van der Waals surface area contributed by atoms with Crippen LogP contribution in [0.4, 0.5) is 0 Å². The summed E-state index contributed by atoms with van der Waals surface area (Å²) in [5.74, 6) is -1.73. The summed E-state index contributed by atoms with van der Waals surface area (Å²) in [4.78, 5) is 13.3. The molecule has 22 rings (SSSR count). The molecule has 21 aliphatic heterocycles. The maximum atomic E-state index is 13.3. The third kappa shape index (κ3) is 13.4. The highest BCUT2D eigenvalue weighted by atomic mass is 16.8. The van der Waals surface area contributed by atoms with E-state index in [0.29, 0.717) is 0 Å². The molecule has 21 aliphatic rings. The molecule has 21 N–H and O–H groups in total. The fourth-order valence-electron chi connectivity index (χ4n) is 11.3. The van der Waals surface area contributed by atoms with Gasteiger partial charge in [-0.25, -0.2) is 4.79 Å². The lowest BCUT2D eigenvalue weighted by atomic mass is 9.95. The Hall–Kier alpha value is -2.87. The molecule has 492 valence electrons. The second-order valence-corrected chi connectivity index (χ2v) is 21.6. The fourth-order valence-corrected chi connectivity index (χ4v) is 11.3. The number of para-hydroxylation sites is 1. The zero-order valence-corrected chi connectivity index (χ0v) is 44.9. The van der Waals surface area contributed by atoms with Crippen LogP contribution in [0.3, 0.4) is 0 Å². The number of carbonyl (C=O) groups excluding carboxylic acids is 1. The van der Waals surface area contributed by atoms with Crippen LogP contribution in [0.5, 0.6) is 5.75 Å². The van der Waals surface area contributed by atoms with Gasteiger partial charge < -0.3 is 178 Å². The number of hydrogen-bond donors (Lipinski definition) is 21. The van der Waals surface area contributed by atoms with Gasteiger partial charge in [0.2, 0.25) is 0 Å². The van der Waals surface area contributed by atoms with Crippen molar-refractivity contribution in [3.63, 3.8) is 0 Å². The highest BCUT2D eigenvalue weighted by Gasteiger charge is 2.60. The van der Waals surface area contributed by atoms with Gasteiger partial charge in [0.05, 0.1) is 39.6 Å². The quantitative estimate of drug-likeness (QED) is 0.102. The minimum atomic E-state index is -2.32. The Labute approximate surface area is 485 Å². The van der Waals surface area contributed by atoms with Gasteiger partial charge in [-0.15, -0.1) is 0 Å². The van der Waals surface area contributed by atoms with Crippen molar-refractivity contribution in [2.45, 2.75) is 215 Å². The van der Waals surface area contributed by atoms with Crippen LogP contribution >= 0.6 is 0 Å². The Kier molecular flexibility index (Phi) is 22.6. The Morgan fingerprint density at radius 2 is 0.500 bits per heavy atom. The summed E-state index contributed by atoms with van der Waals surface area (Å²) < 4.78 is 85.9. The van der Waals surface area contributed by atoms with E-state index in [0.717, 1.165) is 6.07 Å². The normalized spacial score (nSPS) is 50.7. The Balaban J connectivity index is 1.02. The van der Waals surface area contributed by atoms with Gasteiger partial charge in [-0.2, -0.15) is 0 Å². The van der Waals surface area contributed by atoms with Crippen molar-refractivity contribution in [3.05, 3.63) is 29.8 Å². The average Bonchev–Trinajstić information content (AvgIpc) is 0.999. The smallest absolute Gasteiger partial charge is 0.342 e. The van der Waals surface area contributed by atoms with Gasteiger partial charge in [0.1, 0.15) is 189 Å². The first-order valence-corrected chi connectivity index (χ1v) is 27.3. The fraction of sp³-hybridized carbons (Fsp3) is 0.857. The first-order chi connectivity index (χ1) is 41.0. The van der Waals surface area contributed by atoms with Crippen LogP contribution < -0.4 is 0 Å². The van der Waals surface area contributed by atoms with Crippen LogP contribution in [0.25, 0.3) is 0 Å². The van der Waals surface area contributed by atoms with Crippen LogP contribution in [-0.2, 0) is 71.1 Å². The number of benzene rings is 1. The van der Waals surface area contributed by atoms with E-state index in [1.54, 1.807) is 0 Å². The van der Waals surface area contributed by atoms with E-state index in [1.165, 1.54) is 18.2 Å². The first-order valence-electron chi connectivity index (χ1n) is 27.3. The first kappa shape index (κ1) is 67.5. The molecule has 35 atom stereocenters. The lowest BCUT2D eigenvalue weighted by Gasteiger charge is -2.50. The number of aliphatic hydroxyl groups excluding tert-OH is 20. The Morgan fingerprint density at radius 3 is 0.709 bits per heavy atom. The van der Waals surface area contributed by atoms with Gasteiger partial charge in [-0.05, 0) is 12.1 Å². The van der Waals surface area contributed by atoms with Gasteiger partial charge in [0.15, 0.2) is 44.0 Å². The molecule has 0 amide bonds. The molecule has 1 aromatic rings. The van der Waals surface area contributed by atoms with Gasteiger partial charge in [0.25, 0.3) is 0 Å². The van der Waals surface area contributed by atoms with Crippen molar-refractivity contribution in [1.82, 2.24) is 0 Å². The second-order valence-electron chi connectivity index (χ2n) is 21.6. The predicted octanol–water partition coefficient (Wildman–Crippen LogP) is -13.7. The molecule has 86 heavy (non-hydrogen) atoms. The topological polar surface area (TPSA) is 580 Å².